The molecule has 0 aliphatic heterocycles. The SMILES string of the molecule is Cc1nn(-c2ccccc2)c(C)c1Cc1nc(C2(N)CCC2)no1. The maximum atomic E-state index is 6.27. The van der Waals surface area contributed by atoms with Crippen molar-refractivity contribution in [2.24, 2.45) is 5.73 Å². The Morgan fingerprint density at radius 1 is 1.21 bits per heavy atom. The Labute approximate surface area is 140 Å². The first kappa shape index (κ1) is 15.1. The number of hydrogen-bond acceptors (Lipinski definition) is 5. The van der Waals surface area contributed by atoms with Gasteiger partial charge in [-0.15, -0.1) is 0 Å². The summed E-state index contributed by atoms with van der Waals surface area (Å²) in [7, 11) is 0. The fraction of sp³-hybridized carbons (Fsp3) is 0.389. The number of rotatable bonds is 4. The highest BCUT2D eigenvalue weighted by Crippen LogP contribution is 2.37. The van der Waals surface area contributed by atoms with Crippen molar-refractivity contribution in [1.29, 1.82) is 0 Å². The summed E-state index contributed by atoms with van der Waals surface area (Å²) in [5.41, 5.74) is 10.1. The van der Waals surface area contributed by atoms with Crippen molar-refractivity contribution in [3.05, 3.63) is 59.0 Å². The van der Waals surface area contributed by atoms with Gasteiger partial charge in [-0.3, -0.25) is 0 Å². The normalized spacial score (nSPS) is 16.1. The molecule has 6 nitrogen and oxygen atoms in total. The van der Waals surface area contributed by atoms with E-state index < -0.39 is 0 Å². The van der Waals surface area contributed by atoms with Gasteiger partial charge in [-0.25, -0.2) is 4.68 Å². The van der Waals surface area contributed by atoms with E-state index in [4.69, 9.17) is 10.3 Å². The highest BCUT2D eigenvalue weighted by atomic mass is 16.5. The number of nitrogens with zero attached hydrogens (tertiary/aromatic N) is 4. The van der Waals surface area contributed by atoms with Crippen LogP contribution in [-0.2, 0) is 12.0 Å². The Morgan fingerprint density at radius 2 is 1.96 bits per heavy atom. The second-order valence-electron chi connectivity index (χ2n) is 6.59. The minimum absolute atomic E-state index is 0.389. The van der Waals surface area contributed by atoms with Crippen molar-refractivity contribution in [2.45, 2.75) is 45.1 Å². The summed E-state index contributed by atoms with van der Waals surface area (Å²) in [6, 6.07) is 10.1. The predicted molar refractivity (Wildman–Crippen MR) is 89.9 cm³/mol. The molecule has 4 rings (SSSR count). The van der Waals surface area contributed by atoms with Crippen LogP contribution < -0.4 is 5.73 Å². The molecule has 0 amide bonds. The van der Waals surface area contributed by atoms with Gasteiger partial charge in [-0.05, 0) is 45.2 Å². The van der Waals surface area contributed by atoms with Gasteiger partial charge in [-0.2, -0.15) is 10.1 Å². The molecule has 0 bridgehead atoms. The topological polar surface area (TPSA) is 82.8 Å². The number of nitrogens with two attached hydrogens (primary N) is 1. The molecule has 1 aromatic carbocycles. The second kappa shape index (κ2) is 5.56. The number of hydrogen-bond donors (Lipinski definition) is 1. The van der Waals surface area contributed by atoms with Crippen molar-refractivity contribution in [3.8, 4) is 5.69 Å². The van der Waals surface area contributed by atoms with Crippen LogP contribution in [0.3, 0.4) is 0 Å². The van der Waals surface area contributed by atoms with Crippen LogP contribution >= 0.6 is 0 Å². The molecule has 1 fully saturated rings. The van der Waals surface area contributed by atoms with E-state index in [1.54, 1.807) is 0 Å². The molecule has 2 heterocycles. The van der Waals surface area contributed by atoms with Crippen LogP contribution in [0, 0.1) is 13.8 Å². The number of aryl methyl sites for hydroxylation is 1. The van der Waals surface area contributed by atoms with Gasteiger partial charge in [0.15, 0.2) is 5.82 Å². The van der Waals surface area contributed by atoms with Crippen LogP contribution in [0.1, 0.15) is 47.9 Å². The van der Waals surface area contributed by atoms with Crippen molar-refractivity contribution in [3.63, 3.8) is 0 Å². The molecule has 124 valence electrons. The lowest BCUT2D eigenvalue weighted by atomic mass is 9.77. The van der Waals surface area contributed by atoms with E-state index in [0.29, 0.717) is 18.1 Å². The molecule has 0 spiro atoms. The van der Waals surface area contributed by atoms with Gasteiger partial charge >= 0.3 is 0 Å². The van der Waals surface area contributed by atoms with Crippen LogP contribution in [-0.4, -0.2) is 19.9 Å². The summed E-state index contributed by atoms with van der Waals surface area (Å²) in [4.78, 5) is 4.52. The first-order valence-electron chi connectivity index (χ1n) is 8.29. The van der Waals surface area contributed by atoms with Gasteiger partial charge in [0.1, 0.15) is 0 Å². The molecule has 1 aliphatic carbocycles. The first-order valence-corrected chi connectivity index (χ1v) is 8.29. The Balaban J connectivity index is 1.62. The van der Waals surface area contributed by atoms with E-state index in [-0.39, 0.29) is 5.54 Å². The minimum atomic E-state index is -0.389. The molecule has 1 aliphatic rings. The van der Waals surface area contributed by atoms with Gasteiger partial charge in [0.2, 0.25) is 5.89 Å². The zero-order valence-corrected chi connectivity index (χ0v) is 14.0. The predicted octanol–water partition coefficient (Wildman–Crippen LogP) is 2.80. The van der Waals surface area contributed by atoms with Gasteiger partial charge in [0, 0.05) is 11.3 Å². The summed E-state index contributed by atoms with van der Waals surface area (Å²) < 4.78 is 7.39. The highest BCUT2D eigenvalue weighted by Gasteiger charge is 2.39. The van der Waals surface area contributed by atoms with E-state index in [9.17, 15) is 0 Å². The minimum Gasteiger partial charge on any atom is -0.339 e. The Hall–Kier alpha value is -2.47. The fourth-order valence-electron chi connectivity index (χ4n) is 3.21. The highest BCUT2D eigenvalue weighted by molar-refractivity contribution is 5.37. The summed E-state index contributed by atoms with van der Waals surface area (Å²) in [5, 5.41) is 8.75. The van der Waals surface area contributed by atoms with E-state index in [2.05, 4.69) is 22.2 Å². The first-order chi connectivity index (χ1) is 11.6. The molecule has 24 heavy (non-hydrogen) atoms. The molecule has 2 N–H and O–H groups in total. The molecule has 1 saturated carbocycles. The Morgan fingerprint density at radius 3 is 2.62 bits per heavy atom. The van der Waals surface area contributed by atoms with Crippen LogP contribution in [0.15, 0.2) is 34.9 Å². The summed E-state index contributed by atoms with van der Waals surface area (Å²) in [6.07, 6.45) is 3.56. The lowest BCUT2D eigenvalue weighted by molar-refractivity contribution is 0.229. The van der Waals surface area contributed by atoms with E-state index in [1.807, 2.05) is 41.9 Å². The van der Waals surface area contributed by atoms with Crippen molar-refractivity contribution < 1.29 is 4.52 Å². The van der Waals surface area contributed by atoms with E-state index in [1.165, 1.54) is 0 Å². The van der Waals surface area contributed by atoms with E-state index >= 15 is 0 Å². The average Bonchev–Trinajstić information content (AvgIpc) is 3.14. The number of para-hydroxylation sites is 1. The molecule has 2 aromatic heterocycles. The summed E-state index contributed by atoms with van der Waals surface area (Å²) in [6.45, 7) is 4.07. The van der Waals surface area contributed by atoms with Gasteiger partial charge in [0.05, 0.1) is 23.3 Å². The van der Waals surface area contributed by atoms with Crippen LogP contribution in [0.25, 0.3) is 5.69 Å². The maximum absolute atomic E-state index is 6.27. The van der Waals surface area contributed by atoms with Crippen LogP contribution in [0.4, 0.5) is 0 Å². The lowest BCUT2D eigenvalue weighted by Crippen LogP contribution is -2.44. The number of benzene rings is 1. The lowest BCUT2D eigenvalue weighted by Gasteiger charge is -2.34. The molecular formula is C18H21N5O. The molecule has 0 atom stereocenters. The Bertz CT molecular complexity index is 861. The fourth-order valence-corrected chi connectivity index (χ4v) is 3.21. The smallest absolute Gasteiger partial charge is 0.231 e. The third kappa shape index (κ3) is 2.43. The van der Waals surface area contributed by atoms with Crippen molar-refractivity contribution in [2.75, 3.05) is 0 Å². The summed E-state index contributed by atoms with van der Waals surface area (Å²) in [5.74, 6) is 1.23. The molecule has 0 radical (unpaired) electrons. The average molecular weight is 323 g/mol. The molecule has 0 unspecified atom stereocenters. The van der Waals surface area contributed by atoms with Gasteiger partial charge in [0.25, 0.3) is 0 Å². The molecule has 0 saturated heterocycles. The van der Waals surface area contributed by atoms with Crippen LogP contribution in [0.5, 0.6) is 0 Å². The monoisotopic (exact) mass is 323 g/mol. The third-order valence-corrected chi connectivity index (χ3v) is 4.93. The van der Waals surface area contributed by atoms with Crippen molar-refractivity contribution >= 4 is 0 Å². The largest absolute Gasteiger partial charge is 0.339 e. The molecular weight excluding hydrogens is 302 g/mol. The standard InChI is InChI=1S/C18H21N5O/c1-12-15(13(2)23(21-12)14-7-4-3-5-8-14)11-16-20-17(22-24-16)18(19)9-6-10-18/h3-5,7-8H,6,9-11,19H2,1-2H3. The van der Waals surface area contributed by atoms with Gasteiger partial charge < -0.3 is 10.3 Å². The van der Waals surface area contributed by atoms with E-state index in [0.717, 1.165) is 41.9 Å². The second-order valence-corrected chi connectivity index (χ2v) is 6.59. The number of aromatic nitrogens is 4. The van der Waals surface area contributed by atoms with Crippen molar-refractivity contribution in [1.82, 2.24) is 19.9 Å². The summed E-state index contributed by atoms with van der Waals surface area (Å²) >= 11 is 0. The maximum Gasteiger partial charge on any atom is 0.231 e. The zero-order valence-electron chi connectivity index (χ0n) is 14.0. The Kier molecular flexibility index (Phi) is 3.49. The molecule has 3 aromatic rings. The molecule has 6 heteroatoms. The van der Waals surface area contributed by atoms with Crippen LogP contribution in [0.2, 0.25) is 0 Å². The quantitative estimate of drug-likeness (QED) is 0.798. The third-order valence-electron chi connectivity index (χ3n) is 4.93. The zero-order chi connectivity index (χ0) is 16.7. The van der Waals surface area contributed by atoms with Gasteiger partial charge in [-0.1, -0.05) is 23.4 Å².